The Morgan fingerprint density at radius 3 is 2.57 bits per heavy atom. The number of hydrogen-bond donors (Lipinski definition) is 1. The molecule has 0 unspecified atom stereocenters. The number of ether oxygens (including phenoxy) is 1. The van der Waals surface area contributed by atoms with Crippen LogP contribution in [0.3, 0.4) is 0 Å². The van der Waals surface area contributed by atoms with Gasteiger partial charge in [0, 0.05) is 13.1 Å². The fraction of sp³-hybridized carbons (Fsp3) is 0.625. The lowest BCUT2D eigenvalue weighted by Gasteiger charge is -2.27. The molecule has 0 saturated heterocycles. The lowest BCUT2D eigenvalue weighted by atomic mass is 10.2. The first-order chi connectivity index (χ1) is 9.73. The van der Waals surface area contributed by atoms with Gasteiger partial charge >= 0.3 is 0 Å². The molecule has 0 bridgehead atoms. The number of nitrogens with zero attached hydrogens (tertiary/aromatic N) is 3. The van der Waals surface area contributed by atoms with Crippen molar-refractivity contribution in [1.82, 2.24) is 4.98 Å². The summed E-state index contributed by atoms with van der Waals surface area (Å²) in [6.45, 7) is 11.7. The Morgan fingerprint density at radius 2 is 2.05 bits per heavy atom. The van der Waals surface area contributed by atoms with Crippen LogP contribution in [0.5, 0.6) is 5.88 Å². The molecule has 0 amide bonds. The molecule has 0 aliphatic rings. The van der Waals surface area contributed by atoms with E-state index in [4.69, 9.17) is 15.7 Å². The summed E-state index contributed by atoms with van der Waals surface area (Å²) in [6, 6.07) is 5.87. The van der Waals surface area contributed by atoms with Crippen molar-refractivity contribution in [2.24, 2.45) is 5.92 Å². The van der Waals surface area contributed by atoms with Gasteiger partial charge in [-0.05, 0) is 38.8 Å². The number of hydrogen-bond acceptors (Lipinski definition) is 5. The van der Waals surface area contributed by atoms with E-state index in [0.717, 1.165) is 12.4 Å². The van der Waals surface area contributed by atoms with E-state index in [1.807, 2.05) is 32.9 Å². The van der Waals surface area contributed by atoms with Crippen molar-refractivity contribution in [3.8, 4) is 11.9 Å². The summed E-state index contributed by atoms with van der Waals surface area (Å²) in [4.78, 5) is 6.63. The molecule has 0 fully saturated rings. The Hall–Kier alpha value is -1.96. The zero-order chi connectivity index (χ0) is 16.0. The number of anilines is 2. The average Bonchev–Trinajstić information content (AvgIpc) is 2.35. The monoisotopic (exact) mass is 290 g/mol. The SMILES string of the molecule is CC(C)CN(CCC#N)c1ccc(N)c(OC(C)(C)C)n1. The molecule has 1 heterocycles. The van der Waals surface area contributed by atoms with Crippen LogP contribution in [-0.4, -0.2) is 23.7 Å². The molecule has 5 heteroatoms. The average molecular weight is 290 g/mol. The fourth-order valence-corrected chi connectivity index (χ4v) is 1.91. The van der Waals surface area contributed by atoms with E-state index in [9.17, 15) is 0 Å². The zero-order valence-corrected chi connectivity index (χ0v) is 13.7. The number of rotatable bonds is 6. The van der Waals surface area contributed by atoms with Gasteiger partial charge in [0.05, 0.1) is 18.2 Å². The molecule has 1 aromatic heterocycles. The summed E-state index contributed by atoms with van der Waals surface area (Å²) in [5.41, 5.74) is 6.11. The van der Waals surface area contributed by atoms with Gasteiger partial charge in [0.25, 0.3) is 0 Å². The molecule has 0 aromatic carbocycles. The molecule has 0 atom stereocenters. The van der Waals surface area contributed by atoms with Crippen LogP contribution in [0.2, 0.25) is 0 Å². The van der Waals surface area contributed by atoms with E-state index in [1.54, 1.807) is 0 Å². The van der Waals surface area contributed by atoms with E-state index in [-0.39, 0.29) is 5.60 Å². The minimum atomic E-state index is -0.352. The second kappa shape index (κ2) is 7.16. The third kappa shape index (κ3) is 5.90. The molecule has 0 saturated carbocycles. The van der Waals surface area contributed by atoms with Gasteiger partial charge in [0.2, 0.25) is 5.88 Å². The van der Waals surface area contributed by atoms with Crippen molar-refractivity contribution in [3.63, 3.8) is 0 Å². The molecule has 0 aliphatic heterocycles. The van der Waals surface area contributed by atoms with Crippen molar-refractivity contribution in [2.45, 2.75) is 46.6 Å². The third-order valence-electron chi connectivity index (χ3n) is 2.68. The van der Waals surface area contributed by atoms with Gasteiger partial charge in [-0.3, -0.25) is 0 Å². The van der Waals surface area contributed by atoms with Gasteiger partial charge in [-0.25, -0.2) is 0 Å². The van der Waals surface area contributed by atoms with Crippen LogP contribution in [0.4, 0.5) is 11.5 Å². The van der Waals surface area contributed by atoms with Crippen molar-refractivity contribution in [2.75, 3.05) is 23.7 Å². The quantitative estimate of drug-likeness (QED) is 0.870. The Kier molecular flexibility index (Phi) is 5.83. The normalized spacial score (nSPS) is 11.3. The molecule has 21 heavy (non-hydrogen) atoms. The lowest BCUT2D eigenvalue weighted by Crippen LogP contribution is -2.30. The number of aromatic nitrogens is 1. The Bertz CT molecular complexity index is 500. The first kappa shape index (κ1) is 17.1. The Balaban J connectivity index is 3.03. The van der Waals surface area contributed by atoms with E-state index in [2.05, 4.69) is 29.8 Å². The van der Waals surface area contributed by atoms with Crippen LogP contribution in [0.15, 0.2) is 12.1 Å². The maximum absolute atomic E-state index is 8.81. The second-order valence-corrected chi connectivity index (χ2v) is 6.53. The first-order valence-corrected chi connectivity index (χ1v) is 7.30. The van der Waals surface area contributed by atoms with Crippen LogP contribution in [0.25, 0.3) is 0 Å². The van der Waals surface area contributed by atoms with Crippen molar-refractivity contribution in [1.29, 1.82) is 5.26 Å². The molecule has 2 N–H and O–H groups in total. The van der Waals surface area contributed by atoms with Crippen molar-refractivity contribution < 1.29 is 4.74 Å². The van der Waals surface area contributed by atoms with Gasteiger partial charge in [-0.2, -0.15) is 10.2 Å². The lowest BCUT2D eigenvalue weighted by molar-refractivity contribution is 0.125. The number of nitrogens with two attached hydrogens (primary N) is 1. The van der Waals surface area contributed by atoms with Gasteiger partial charge in [0.1, 0.15) is 11.4 Å². The largest absolute Gasteiger partial charge is 0.470 e. The number of nitriles is 1. The van der Waals surface area contributed by atoms with Gasteiger partial charge in [-0.1, -0.05) is 13.8 Å². The summed E-state index contributed by atoms with van der Waals surface area (Å²) >= 11 is 0. The van der Waals surface area contributed by atoms with Crippen LogP contribution >= 0.6 is 0 Å². The first-order valence-electron chi connectivity index (χ1n) is 7.30. The summed E-state index contributed by atoms with van der Waals surface area (Å²) in [5.74, 6) is 1.73. The predicted molar refractivity (Wildman–Crippen MR) is 86.3 cm³/mol. The fourth-order valence-electron chi connectivity index (χ4n) is 1.91. The summed E-state index contributed by atoms with van der Waals surface area (Å²) in [7, 11) is 0. The highest BCUT2D eigenvalue weighted by Gasteiger charge is 2.17. The summed E-state index contributed by atoms with van der Waals surface area (Å²) in [6.07, 6.45) is 0.467. The van der Waals surface area contributed by atoms with Gasteiger partial charge in [0.15, 0.2) is 0 Å². The maximum atomic E-state index is 8.81. The zero-order valence-electron chi connectivity index (χ0n) is 13.7. The molecular weight excluding hydrogens is 264 g/mol. The molecule has 1 rings (SSSR count). The van der Waals surface area contributed by atoms with E-state index < -0.39 is 0 Å². The molecule has 0 radical (unpaired) electrons. The van der Waals surface area contributed by atoms with Gasteiger partial charge in [-0.15, -0.1) is 0 Å². The number of pyridine rings is 1. The van der Waals surface area contributed by atoms with E-state index in [1.165, 1.54) is 0 Å². The van der Waals surface area contributed by atoms with Crippen LogP contribution in [-0.2, 0) is 0 Å². The molecule has 5 nitrogen and oxygen atoms in total. The van der Waals surface area contributed by atoms with Crippen molar-refractivity contribution in [3.05, 3.63) is 12.1 Å². The molecule has 116 valence electrons. The third-order valence-corrected chi connectivity index (χ3v) is 2.68. The number of nitrogen functional groups attached to an aromatic ring is 1. The Morgan fingerprint density at radius 1 is 1.38 bits per heavy atom. The van der Waals surface area contributed by atoms with Crippen molar-refractivity contribution >= 4 is 11.5 Å². The highest BCUT2D eigenvalue weighted by atomic mass is 16.5. The molecule has 1 aromatic rings. The van der Waals surface area contributed by atoms with Gasteiger partial charge < -0.3 is 15.4 Å². The van der Waals surface area contributed by atoms with Crippen LogP contribution in [0, 0.1) is 17.2 Å². The molecular formula is C16H26N4O. The minimum Gasteiger partial charge on any atom is -0.470 e. The minimum absolute atomic E-state index is 0.352. The smallest absolute Gasteiger partial charge is 0.239 e. The van der Waals surface area contributed by atoms with Crippen LogP contribution in [0.1, 0.15) is 41.0 Å². The predicted octanol–water partition coefficient (Wildman–Crippen LogP) is 3.22. The maximum Gasteiger partial charge on any atom is 0.239 e. The van der Waals surface area contributed by atoms with E-state index >= 15 is 0 Å². The van der Waals surface area contributed by atoms with E-state index in [0.29, 0.717) is 30.5 Å². The molecule has 0 spiro atoms. The van der Waals surface area contributed by atoms with Crippen LogP contribution < -0.4 is 15.4 Å². The summed E-state index contributed by atoms with van der Waals surface area (Å²) < 4.78 is 5.80. The Labute approximate surface area is 127 Å². The molecule has 0 aliphatic carbocycles. The summed E-state index contributed by atoms with van der Waals surface area (Å²) in [5, 5.41) is 8.81. The topological polar surface area (TPSA) is 75.2 Å². The highest BCUT2D eigenvalue weighted by molar-refractivity contribution is 5.54. The second-order valence-electron chi connectivity index (χ2n) is 6.53. The standard InChI is InChI=1S/C16H26N4O/c1-12(2)11-20(10-6-9-17)14-8-7-13(18)15(19-14)21-16(3,4)5/h7-8,12H,6,10-11,18H2,1-5H3. The highest BCUT2D eigenvalue weighted by Crippen LogP contribution is 2.27.